The monoisotopic (exact) mass is 216 g/mol. The van der Waals surface area contributed by atoms with Crippen LogP contribution >= 0.6 is 0 Å². The van der Waals surface area contributed by atoms with Crippen molar-refractivity contribution in [2.24, 2.45) is 5.41 Å². The largest absolute Gasteiger partial charge is 0.481 e. The summed E-state index contributed by atoms with van der Waals surface area (Å²) in [6.07, 6.45) is -0.216. The second kappa shape index (κ2) is 4.18. The maximum atomic E-state index is 11.2. The smallest absolute Gasteiger partial charge is 0.310 e. The van der Waals surface area contributed by atoms with Crippen molar-refractivity contribution in [2.45, 2.75) is 45.3 Å². The number of aliphatic carboxylic acids is 2. The first-order chi connectivity index (χ1) is 6.85. The normalized spacial score (nSPS) is 36.1. The summed E-state index contributed by atoms with van der Waals surface area (Å²) in [4.78, 5) is 21.9. The van der Waals surface area contributed by atoms with E-state index in [1.54, 1.807) is 13.8 Å². The van der Waals surface area contributed by atoms with Crippen LogP contribution in [-0.2, 0) is 14.3 Å². The summed E-state index contributed by atoms with van der Waals surface area (Å²) in [6, 6.07) is 0. The Hall–Kier alpha value is -1.10. The quantitative estimate of drug-likeness (QED) is 0.738. The molecular formula is C10H16O5. The average Bonchev–Trinajstić information content (AvgIpc) is 1.99. The van der Waals surface area contributed by atoms with Crippen molar-refractivity contribution >= 4 is 11.9 Å². The number of carbonyl (C=O) groups is 2. The minimum Gasteiger partial charge on any atom is -0.481 e. The van der Waals surface area contributed by atoms with E-state index in [0.29, 0.717) is 0 Å². The van der Waals surface area contributed by atoms with Crippen LogP contribution in [-0.4, -0.2) is 34.4 Å². The number of ether oxygens (including phenoxy) is 1. The van der Waals surface area contributed by atoms with Crippen LogP contribution in [0.4, 0.5) is 0 Å². The molecule has 15 heavy (non-hydrogen) atoms. The van der Waals surface area contributed by atoms with Crippen LogP contribution in [0.1, 0.15) is 33.1 Å². The summed E-state index contributed by atoms with van der Waals surface area (Å²) >= 11 is 0. The van der Waals surface area contributed by atoms with Gasteiger partial charge in [-0.3, -0.25) is 9.59 Å². The zero-order valence-corrected chi connectivity index (χ0v) is 8.90. The van der Waals surface area contributed by atoms with E-state index in [1.165, 1.54) is 0 Å². The molecule has 1 saturated heterocycles. The molecule has 5 heteroatoms. The summed E-state index contributed by atoms with van der Waals surface area (Å²) in [5.74, 6) is -2.11. The summed E-state index contributed by atoms with van der Waals surface area (Å²) in [7, 11) is 0. The Balaban J connectivity index is 2.89. The fourth-order valence-corrected chi connectivity index (χ4v) is 2.36. The molecule has 2 atom stereocenters. The highest BCUT2D eigenvalue weighted by Gasteiger charge is 2.46. The molecule has 86 valence electrons. The van der Waals surface area contributed by atoms with Crippen LogP contribution in [0.2, 0.25) is 0 Å². The molecule has 1 rings (SSSR count). The molecule has 0 bridgehead atoms. The van der Waals surface area contributed by atoms with Crippen LogP contribution in [0.3, 0.4) is 0 Å². The van der Waals surface area contributed by atoms with Gasteiger partial charge in [0.2, 0.25) is 0 Å². The van der Waals surface area contributed by atoms with Crippen LogP contribution < -0.4 is 0 Å². The molecule has 0 saturated carbocycles. The third-order valence-corrected chi connectivity index (χ3v) is 2.76. The predicted octanol–water partition coefficient (Wildman–Crippen LogP) is 1.12. The van der Waals surface area contributed by atoms with Crippen LogP contribution in [0.5, 0.6) is 0 Å². The van der Waals surface area contributed by atoms with Gasteiger partial charge in [-0.1, -0.05) is 0 Å². The van der Waals surface area contributed by atoms with E-state index in [2.05, 4.69) is 0 Å². The molecule has 0 radical (unpaired) electrons. The molecule has 1 fully saturated rings. The minimum atomic E-state index is -1.16. The van der Waals surface area contributed by atoms with Crippen molar-refractivity contribution in [3.05, 3.63) is 0 Å². The first-order valence-corrected chi connectivity index (χ1v) is 4.96. The Morgan fingerprint density at radius 1 is 1.27 bits per heavy atom. The second-order valence-corrected chi connectivity index (χ2v) is 4.32. The van der Waals surface area contributed by atoms with E-state index in [-0.39, 0.29) is 31.5 Å². The molecule has 0 spiro atoms. The van der Waals surface area contributed by atoms with Gasteiger partial charge >= 0.3 is 11.9 Å². The molecule has 1 aliphatic heterocycles. The van der Waals surface area contributed by atoms with Crippen molar-refractivity contribution < 1.29 is 24.5 Å². The van der Waals surface area contributed by atoms with Gasteiger partial charge in [-0.15, -0.1) is 0 Å². The Morgan fingerprint density at radius 3 is 2.07 bits per heavy atom. The Morgan fingerprint density at radius 2 is 1.73 bits per heavy atom. The molecule has 0 aromatic rings. The lowest BCUT2D eigenvalue weighted by Gasteiger charge is -2.38. The zero-order chi connectivity index (χ0) is 11.6. The molecule has 1 heterocycles. The third-order valence-electron chi connectivity index (χ3n) is 2.76. The molecule has 2 N–H and O–H groups in total. The molecule has 0 aromatic carbocycles. The van der Waals surface area contributed by atoms with Crippen molar-refractivity contribution in [3.63, 3.8) is 0 Å². The van der Waals surface area contributed by atoms with Gasteiger partial charge in [0.1, 0.15) is 0 Å². The van der Waals surface area contributed by atoms with Gasteiger partial charge in [-0.05, 0) is 26.7 Å². The van der Waals surface area contributed by atoms with Gasteiger partial charge in [0, 0.05) is 0 Å². The summed E-state index contributed by atoms with van der Waals surface area (Å²) in [6.45, 7) is 3.55. The number of hydrogen-bond acceptors (Lipinski definition) is 3. The van der Waals surface area contributed by atoms with Gasteiger partial charge in [0.15, 0.2) is 0 Å². The molecule has 0 aromatic heterocycles. The van der Waals surface area contributed by atoms with Crippen molar-refractivity contribution in [1.82, 2.24) is 0 Å². The van der Waals surface area contributed by atoms with Crippen molar-refractivity contribution in [1.29, 1.82) is 0 Å². The van der Waals surface area contributed by atoms with Crippen LogP contribution in [0, 0.1) is 5.41 Å². The van der Waals surface area contributed by atoms with Crippen molar-refractivity contribution in [2.75, 3.05) is 0 Å². The third kappa shape index (κ3) is 2.68. The number of hydrogen-bond donors (Lipinski definition) is 2. The van der Waals surface area contributed by atoms with Crippen molar-refractivity contribution in [3.8, 4) is 0 Å². The maximum Gasteiger partial charge on any atom is 0.310 e. The molecule has 0 aliphatic carbocycles. The first-order valence-electron chi connectivity index (χ1n) is 4.96. The van der Waals surface area contributed by atoms with Gasteiger partial charge in [0.25, 0.3) is 0 Å². The lowest BCUT2D eigenvalue weighted by Crippen LogP contribution is -2.44. The topological polar surface area (TPSA) is 83.8 Å². The maximum absolute atomic E-state index is 11.2. The SMILES string of the molecule is C[C@H]1CC(CC(=O)O)(C(=O)O)C[C@H](C)O1. The van der Waals surface area contributed by atoms with E-state index in [0.717, 1.165) is 0 Å². The van der Waals surface area contributed by atoms with Crippen LogP contribution in [0.15, 0.2) is 0 Å². The van der Waals surface area contributed by atoms with E-state index >= 15 is 0 Å². The van der Waals surface area contributed by atoms with E-state index in [4.69, 9.17) is 14.9 Å². The molecule has 5 nitrogen and oxygen atoms in total. The Bertz CT molecular complexity index is 263. The number of carboxylic acids is 2. The Kier molecular flexibility index (Phi) is 3.34. The molecule has 1 aliphatic rings. The molecule has 0 unspecified atom stereocenters. The zero-order valence-electron chi connectivity index (χ0n) is 8.90. The van der Waals surface area contributed by atoms with E-state index in [9.17, 15) is 9.59 Å². The summed E-state index contributed by atoms with van der Waals surface area (Å²) in [5, 5.41) is 17.9. The first kappa shape index (κ1) is 12.0. The lowest BCUT2D eigenvalue weighted by atomic mass is 9.73. The fraction of sp³-hybridized carbons (Fsp3) is 0.800. The van der Waals surface area contributed by atoms with Crippen LogP contribution in [0.25, 0.3) is 0 Å². The van der Waals surface area contributed by atoms with E-state index in [1.807, 2.05) is 0 Å². The van der Waals surface area contributed by atoms with Gasteiger partial charge < -0.3 is 14.9 Å². The lowest BCUT2D eigenvalue weighted by molar-refractivity contribution is -0.170. The van der Waals surface area contributed by atoms with Gasteiger partial charge in [0.05, 0.1) is 24.0 Å². The van der Waals surface area contributed by atoms with Gasteiger partial charge in [-0.2, -0.15) is 0 Å². The highest BCUT2D eigenvalue weighted by atomic mass is 16.5. The Labute approximate surface area is 88.0 Å². The predicted molar refractivity (Wildman–Crippen MR) is 51.6 cm³/mol. The highest BCUT2D eigenvalue weighted by Crippen LogP contribution is 2.39. The number of carboxylic acid groups (broad SMARTS) is 2. The molecule has 0 amide bonds. The average molecular weight is 216 g/mol. The van der Waals surface area contributed by atoms with E-state index < -0.39 is 17.4 Å². The second-order valence-electron chi connectivity index (χ2n) is 4.32. The standard InChI is InChI=1S/C10H16O5/c1-6-3-10(9(13)14,5-8(11)12)4-7(2)15-6/h6-7H,3-5H2,1-2H3,(H,11,12)(H,13,14)/t6-,7-/m0/s1. The fourth-order valence-electron chi connectivity index (χ4n) is 2.36. The number of rotatable bonds is 3. The van der Waals surface area contributed by atoms with Gasteiger partial charge in [-0.25, -0.2) is 0 Å². The molecular weight excluding hydrogens is 200 g/mol. The summed E-state index contributed by atoms with van der Waals surface area (Å²) in [5.41, 5.74) is -1.16. The minimum absolute atomic E-state index is 0.204. The summed E-state index contributed by atoms with van der Waals surface area (Å²) < 4.78 is 5.42. The highest BCUT2D eigenvalue weighted by molar-refractivity contribution is 5.81.